The van der Waals surface area contributed by atoms with Crippen LogP contribution in [-0.2, 0) is 0 Å². The monoisotopic (exact) mass is 361 g/mol. The molecule has 0 aliphatic heterocycles. The number of ketones is 1. The van der Waals surface area contributed by atoms with E-state index in [-0.39, 0.29) is 11.5 Å². The third-order valence-electron chi connectivity index (χ3n) is 4.05. The normalized spacial score (nSPS) is 10.1. The highest BCUT2D eigenvalue weighted by Crippen LogP contribution is 2.29. The Hall–Kier alpha value is -3.23. The number of rotatable bonds is 3. The van der Waals surface area contributed by atoms with Crippen molar-refractivity contribution < 1.29 is 9.72 Å². The first-order chi connectivity index (χ1) is 12.5. The number of nitrogens with zero attached hydrogens (tertiary/aromatic N) is 1. The molecule has 1 heterocycles. The first-order valence-corrected chi connectivity index (χ1v) is 8.75. The van der Waals surface area contributed by atoms with Gasteiger partial charge in [-0.1, -0.05) is 24.1 Å². The summed E-state index contributed by atoms with van der Waals surface area (Å²) in [7, 11) is 0. The van der Waals surface area contributed by atoms with Gasteiger partial charge in [0.25, 0.3) is 5.69 Å². The van der Waals surface area contributed by atoms with Crippen LogP contribution in [0.25, 0.3) is 0 Å². The summed E-state index contributed by atoms with van der Waals surface area (Å²) in [5, 5.41) is 10.8. The van der Waals surface area contributed by atoms with Gasteiger partial charge in [0, 0.05) is 28.1 Å². The maximum absolute atomic E-state index is 13.0. The molecule has 0 aliphatic rings. The Morgan fingerprint density at radius 3 is 2.27 bits per heavy atom. The largest absolute Gasteiger partial charge is 0.289 e. The van der Waals surface area contributed by atoms with E-state index >= 15 is 0 Å². The Morgan fingerprint density at radius 2 is 1.65 bits per heavy atom. The summed E-state index contributed by atoms with van der Waals surface area (Å²) in [6.45, 7) is 3.86. The van der Waals surface area contributed by atoms with Crippen LogP contribution < -0.4 is 0 Å². The highest BCUT2D eigenvalue weighted by molar-refractivity contribution is 7.13. The lowest BCUT2D eigenvalue weighted by Crippen LogP contribution is -2.04. The smallest absolute Gasteiger partial charge is 0.269 e. The number of aryl methyl sites for hydroxylation is 1. The van der Waals surface area contributed by atoms with Crippen LogP contribution in [0.3, 0.4) is 0 Å². The molecular weight excluding hydrogens is 346 g/mol. The fraction of sp³-hybridized carbons (Fsp3) is 0.0952. The van der Waals surface area contributed by atoms with Gasteiger partial charge in [0.1, 0.15) is 0 Å². The van der Waals surface area contributed by atoms with E-state index in [9.17, 15) is 14.9 Å². The Kier molecular flexibility index (Phi) is 4.97. The average molecular weight is 361 g/mol. The van der Waals surface area contributed by atoms with E-state index in [1.165, 1.54) is 35.6 Å². The SMILES string of the molecule is Cc1sc(C#Cc2ccccc2)c(C(=O)c2ccc([N+](=O)[O-])cc2)c1C. The molecule has 128 valence electrons. The fourth-order valence-corrected chi connectivity index (χ4v) is 3.53. The van der Waals surface area contributed by atoms with E-state index in [2.05, 4.69) is 11.8 Å². The van der Waals surface area contributed by atoms with Crippen molar-refractivity contribution in [3.05, 3.63) is 96.7 Å². The summed E-state index contributed by atoms with van der Waals surface area (Å²) < 4.78 is 0. The van der Waals surface area contributed by atoms with Crippen LogP contribution in [0.2, 0.25) is 0 Å². The maximum atomic E-state index is 13.0. The summed E-state index contributed by atoms with van der Waals surface area (Å²) in [6, 6.07) is 15.2. The lowest BCUT2D eigenvalue weighted by atomic mass is 9.99. The van der Waals surface area contributed by atoms with Crippen molar-refractivity contribution in [1.29, 1.82) is 0 Å². The number of nitro groups is 1. The minimum atomic E-state index is -0.481. The van der Waals surface area contributed by atoms with Crippen LogP contribution in [0.4, 0.5) is 5.69 Å². The number of carbonyl (C=O) groups excluding carboxylic acids is 1. The Morgan fingerprint density at radius 1 is 1.00 bits per heavy atom. The van der Waals surface area contributed by atoms with Crippen LogP contribution in [0, 0.1) is 35.8 Å². The second-order valence-corrected chi connectivity index (χ2v) is 6.96. The van der Waals surface area contributed by atoms with Crippen molar-refractivity contribution in [2.75, 3.05) is 0 Å². The molecule has 4 nitrogen and oxygen atoms in total. The highest BCUT2D eigenvalue weighted by atomic mass is 32.1. The van der Waals surface area contributed by atoms with Crippen LogP contribution >= 0.6 is 11.3 Å². The van der Waals surface area contributed by atoms with Gasteiger partial charge in [-0.2, -0.15) is 0 Å². The number of nitro benzene ring substituents is 1. The molecule has 0 atom stereocenters. The third-order valence-corrected chi connectivity index (χ3v) is 5.17. The van der Waals surface area contributed by atoms with Gasteiger partial charge in [0.15, 0.2) is 5.78 Å². The van der Waals surface area contributed by atoms with Crippen molar-refractivity contribution >= 4 is 22.8 Å². The first kappa shape index (κ1) is 17.6. The number of carbonyl (C=O) groups is 1. The molecule has 0 radical (unpaired) electrons. The predicted octanol–water partition coefficient (Wildman–Crippen LogP) is 4.90. The number of hydrogen-bond donors (Lipinski definition) is 0. The average Bonchev–Trinajstić information content (AvgIpc) is 2.94. The molecule has 3 aromatic rings. The fourth-order valence-electron chi connectivity index (χ4n) is 2.52. The van der Waals surface area contributed by atoms with Crippen LogP contribution in [0.1, 0.15) is 36.8 Å². The topological polar surface area (TPSA) is 60.2 Å². The summed E-state index contributed by atoms with van der Waals surface area (Å²) in [5.74, 6) is 6.03. The van der Waals surface area contributed by atoms with Gasteiger partial charge in [-0.25, -0.2) is 0 Å². The lowest BCUT2D eigenvalue weighted by molar-refractivity contribution is -0.384. The Labute approximate surface area is 155 Å². The molecule has 0 fully saturated rings. The Bertz CT molecular complexity index is 1040. The summed E-state index contributed by atoms with van der Waals surface area (Å²) in [5.41, 5.74) is 2.73. The number of benzene rings is 2. The lowest BCUT2D eigenvalue weighted by Gasteiger charge is -2.02. The van der Waals surface area contributed by atoms with E-state index in [4.69, 9.17) is 0 Å². The van der Waals surface area contributed by atoms with E-state index in [1.807, 2.05) is 44.2 Å². The molecule has 5 heteroatoms. The molecule has 0 aliphatic carbocycles. The predicted molar refractivity (Wildman–Crippen MR) is 103 cm³/mol. The molecule has 0 N–H and O–H groups in total. The molecule has 0 unspecified atom stereocenters. The summed E-state index contributed by atoms with van der Waals surface area (Å²) >= 11 is 1.49. The third kappa shape index (κ3) is 3.56. The van der Waals surface area contributed by atoms with Crippen molar-refractivity contribution in [3.8, 4) is 11.8 Å². The van der Waals surface area contributed by atoms with E-state index in [0.717, 1.165) is 16.0 Å². The first-order valence-electron chi connectivity index (χ1n) is 7.93. The molecule has 0 amide bonds. The molecule has 26 heavy (non-hydrogen) atoms. The van der Waals surface area contributed by atoms with Gasteiger partial charge in [0.05, 0.1) is 15.4 Å². The molecule has 0 saturated carbocycles. The molecule has 1 aromatic heterocycles. The molecular formula is C21H15NO3S. The summed E-state index contributed by atoms with van der Waals surface area (Å²) in [4.78, 5) is 25.0. The van der Waals surface area contributed by atoms with E-state index < -0.39 is 4.92 Å². The van der Waals surface area contributed by atoms with Crippen LogP contribution in [0.5, 0.6) is 0 Å². The molecule has 3 rings (SSSR count). The molecule has 2 aromatic carbocycles. The van der Waals surface area contributed by atoms with Crippen molar-refractivity contribution in [2.45, 2.75) is 13.8 Å². The Balaban J connectivity index is 2.01. The van der Waals surface area contributed by atoms with Gasteiger partial charge < -0.3 is 0 Å². The van der Waals surface area contributed by atoms with Crippen molar-refractivity contribution in [1.82, 2.24) is 0 Å². The van der Waals surface area contributed by atoms with Gasteiger partial charge >= 0.3 is 0 Å². The second kappa shape index (κ2) is 7.34. The zero-order valence-electron chi connectivity index (χ0n) is 14.3. The van der Waals surface area contributed by atoms with Crippen molar-refractivity contribution in [3.63, 3.8) is 0 Å². The van der Waals surface area contributed by atoms with Crippen LogP contribution in [-0.4, -0.2) is 10.7 Å². The quantitative estimate of drug-likeness (QED) is 0.288. The van der Waals surface area contributed by atoms with Crippen LogP contribution in [0.15, 0.2) is 54.6 Å². The van der Waals surface area contributed by atoms with E-state index in [0.29, 0.717) is 16.0 Å². The minimum absolute atomic E-state index is 0.0381. The standard InChI is InChI=1S/C21H15NO3S/c1-14-15(2)26-19(13-8-16-6-4-3-5-7-16)20(14)21(23)17-9-11-18(12-10-17)22(24)25/h3-7,9-12H,1-2H3. The maximum Gasteiger partial charge on any atom is 0.269 e. The van der Waals surface area contributed by atoms with Gasteiger partial charge in [-0.15, -0.1) is 11.3 Å². The molecule has 0 spiro atoms. The summed E-state index contributed by atoms with van der Waals surface area (Å²) in [6.07, 6.45) is 0. The molecule has 0 bridgehead atoms. The highest BCUT2D eigenvalue weighted by Gasteiger charge is 2.20. The second-order valence-electron chi connectivity index (χ2n) is 5.74. The van der Waals surface area contributed by atoms with Crippen molar-refractivity contribution in [2.24, 2.45) is 0 Å². The van der Waals surface area contributed by atoms with Gasteiger partial charge in [-0.05, 0) is 49.6 Å². The molecule has 0 saturated heterocycles. The number of thiophene rings is 1. The number of non-ortho nitro benzene ring substituents is 1. The minimum Gasteiger partial charge on any atom is -0.289 e. The van der Waals surface area contributed by atoms with Gasteiger partial charge in [-0.3, -0.25) is 14.9 Å². The zero-order valence-corrected chi connectivity index (χ0v) is 15.1. The zero-order chi connectivity index (χ0) is 18.7. The van der Waals surface area contributed by atoms with E-state index in [1.54, 1.807) is 0 Å². The number of hydrogen-bond acceptors (Lipinski definition) is 4. The van der Waals surface area contributed by atoms with Gasteiger partial charge in [0.2, 0.25) is 0 Å².